The molecular formula is C65H42N2. The molecule has 0 saturated heterocycles. The fraction of sp³-hybridized carbons (Fsp3) is 0.0154. The van der Waals surface area contributed by atoms with Crippen molar-refractivity contribution in [2.75, 3.05) is 0 Å². The number of hydrogen-bond acceptors (Lipinski definition) is 0. The average Bonchev–Trinajstić information content (AvgIpc) is 4.02. The van der Waals surface area contributed by atoms with Gasteiger partial charge in [-0.1, -0.05) is 194 Å². The minimum Gasteiger partial charge on any atom is -0.309 e. The molecule has 0 saturated carbocycles. The molecule has 2 nitrogen and oxygen atoms in total. The highest BCUT2D eigenvalue weighted by Gasteiger charge is 2.46. The van der Waals surface area contributed by atoms with Crippen LogP contribution in [0.3, 0.4) is 0 Å². The highest BCUT2D eigenvalue weighted by atomic mass is 15.0. The zero-order valence-electron chi connectivity index (χ0n) is 36.6. The topological polar surface area (TPSA) is 9.86 Å². The first-order valence-corrected chi connectivity index (χ1v) is 23.3. The molecule has 2 aromatic heterocycles. The molecule has 0 fully saturated rings. The predicted octanol–water partition coefficient (Wildman–Crippen LogP) is 16.7. The first-order valence-electron chi connectivity index (χ1n) is 23.3. The molecule has 14 rings (SSSR count). The highest BCUT2D eigenvalue weighted by Crippen LogP contribution is 2.57. The molecule has 11 aromatic carbocycles. The van der Waals surface area contributed by atoms with E-state index in [1.807, 2.05) is 0 Å². The van der Waals surface area contributed by atoms with E-state index >= 15 is 0 Å². The van der Waals surface area contributed by atoms with Crippen molar-refractivity contribution in [3.63, 3.8) is 0 Å². The molecule has 2 heterocycles. The Balaban J connectivity index is 1.02. The summed E-state index contributed by atoms with van der Waals surface area (Å²) in [5.74, 6) is 0. The number of nitrogens with zero attached hydrogens (tertiary/aromatic N) is 2. The maximum absolute atomic E-state index is 2.54. The summed E-state index contributed by atoms with van der Waals surface area (Å²) in [7, 11) is 0. The molecule has 1 aliphatic rings. The molecule has 0 spiro atoms. The van der Waals surface area contributed by atoms with Crippen LogP contribution >= 0.6 is 0 Å². The monoisotopic (exact) mass is 850 g/mol. The maximum Gasteiger partial charge on any atom is 0.0713 e. The molecule has 0 unspecified atom stereocenters. The van der Waals surface area contributed by atoms with Crippen molar-refractivity contribution in [2.24, 2.45) is 0 Å². The van der Waals surface area contributed by atoms with Crippen LogP contribution in [0, 0.1) is 0 Å². The SMILES string of the molecule is c1ccc(-c2ccc(-n3c4ccccc4c4cc(-c5ccc6c(c5)c5cc7c(cc5n6-c5cccc6ccccc56)-c5ccccc5C7(c5ccccc5)c5ccccc5)ccc43)cc2)cc1. The third-order valence-electron chi connectivity index (χ3n) is 14.6. The van der Waals surface area contributed by atoms with Crippen LogP contribution in [0.15, 0.2) is 255 Å². The van der Waals surface area contributed by atoms with E-state index in [0.717, 1.165) is 5.69 Å². The van der Waals surface area contributed by atoms with Crippen molar-refractivity contribution >= 4 is 54.4 Å². The Morgan fingerprint density at radius 1 is 0.269 bits per heavy atom. The van der Waals surface area contributed by atoms with E-state index < -0.39 is 5.41 Å². The third-order valence-corrected chi connectivity index (χ3v) is 14.6. The highest BCUT2D eigenvalue weighted by molar-refractivity contribution is 6.15. The van der Waals surface area contributed by atoms with E-state index in [2.05, 4.69) is 264 Å². The van der Waals surface area contributed by atoms with E-state index in [1.54, 1.807) is 0 Å². The van der Waals surface area contributed by atoms with Crippen molar-refractivity contribution in [1.82, 2.24) is 9.13 Å². The van der Waals surface area contributed by atoms with Crippen LogP contribution in [0.2, 0.25) is 0 Å². The molecule has 0 aliphatic heterocycles. The second-order valence-electron chi connectivity index (χ2n) is 18.0. The third kappa shape index (κ3) is 5.51. The predicted molar refractivity (Wildman–Crippen MR) is 281 cm³/mol. The Labute approximate surface area is 388 Å². The lowest BCUT2D eigenvalue weighted by molar-refractivity contribution is 0.769. The van der Waals surface area contributed by atoms with E-state index in [-0.39, 0.29) is 0 Å². The van der Waals surface area contributed by atoms with Crippen molar-refractivity contribution < 1.29 is 0 Å². The van der Waals surface area contributed by atoms with Crippen LogP contribution in [0.1, 0.15) is 22.3 Å². The van der Waals surface area contributed by atoms with Crippen LogP contribution in [-0.4, -0.2) is 9.13 Å². The summed E-state index contributed by atoms with van der Waals surface area (Å²) in [6, 6.07) is 94.4. The lowest BCUT2D eigenvalue weighted by Crippen LogP contribution is -2.28. The summed E-state index contributed by atoms with van der Waals surface area (Å²) >= 11 is 0. The Morgan fingerprint density at radius 3 is 1.52 bits per heavy atom. The number of hydrogen-bond donors (Lipinski definition) is 0. The van der Waals surface area contributed by atoms with Crippen molar-refractivity contribution in [3.8, 4) is 44.8 Å². The first-order chi connectivity index (χ1) is 33.2. The number of benzene rings is 11. The van der Waals surface area contributed by atoms with Crippen LogP contribution in [-0.2, 0) is 5.41 Å². The quantitative estimate of drug-likeness (QED) is 0.158. The standard InChI is InChI=1S/C65H42N2/c1-4-17-43(18-5-1)44-31-35-50(36-32-44)66-61-29-15-13-27-53(61)55-39-46(33-37-62(55)66)47-34-38-63-56(40-47)57-41-59-54(42-64(57)67(63)60-30-16-20-45-19-10-11-25-51(45)60)52-26-12-14-28-58(52)65(59,48-21-6-2-7-22-48)49-23-8-3-9-24-49/h1-42H. The van der Waals surface area contributed by atoms with Gasteiger partial charge in [0, 0.05) is 32.6 Å². The summed E-state index contributed by atoms with van der Waals surface area (Å²) in [6.07, 6.45) is 0. The second kappa shape index (κ2) is 14.7. The zero-order valence-corrected chi connectivity index (χ0v) is 36.6. The van der Waals surface area contributed by atoms with Gasteiger partial charge in [0.1, 0.15) is 0 Å². The smallest absolute Gasteiger partial charge is 0.0713 e. The molecule has 2 heteroatoms. The molecule has 0 N–H and O–H groups in total. The maximum atomic E-state index is 2.54. The van der Waals surface area contributed by atoms with Gasteiger partial charge in [-0.2, -0.15) is 0 Å². The summed E-state index contributed by atoms with van der Waals surface area (Å²) in [6.45, 7) is 0. The molecule has 0 atom stereocenters. The van der Waals surface area contributed by atoms with Crippen molar-refractivity contribution in [3.05, 3.63) is 277 Å². The lowest BCUT2D eigenvalue weighted by Gasteiger charge is -2.34. The van der Waals surface area contributed by atoms with Gasteiger partial charge in [-0.25, -0.2) is 0 Å². The fourth-order valence-corrected chi connectivity index (χ4v) is 11.7. The van der Waals surface area contributed by atoms with Gasteiger partial charge in [0.25, 0.3) is 0 Å². The van der Waals surface area contributed by atoms with Crippen molar-refractivity contribution in [1.29, 1.82) is 0 Å². The Kier molecular flexibility index (Phi) is 8.23. The van der Waals surface area contributed by atoms with Crippen molar-refractivity contribution in [2.45, 2.75) is 5.41 Å². The molecule has 0 bridgehead atoms. The minimum atomic E-state index is -0.505. The number of fused-ring (bicyclic) bond motifs is 10. The van der Waals surface area contributed by atoms with Gasteiger partial charge in [-0.15, -0.1) is 0 Å². The van der Waals surface area contributed by atoms with Crippen LogP contribution < -0.4 is 0 Å². The molecule has 0 radical (unpaired) electrons. The first kappa shape index (κ1) is 37.6. The number of rotatable bonds is 6. The lowest BCUT2D eigenvalue weighted by atomic mass is 9.67. The van der Waals surface area contributed by atoms with E-state index in [4.69, 9.17) is 0 Å². The summed E-state index contributed by atoms with van der Waals surface area (Å²) in [5, 5.41) is 7.41. The van der Waals surface area contributed by atoms with Gasteiger partial charge in [-0.05, 0) is 122 Å². The summed E-state index contributed by atoms with van der Waals surface area (Å²) in [4.78, 5) is 0. The molecule has 1 aliphatic carbocycles. The van der Waals surface area contributed by atoms with Gasteiger partial charge in [-0.3, -0.25) is 0 Å². The molecule has 13 aromatic rings. The molecular weight excluding hydrogens is 809 g/mol. The van der Waals surface area contributed by atoms with Crippen LogP contribution in [0.4, 0.5) is 0 Å². The number of aromatic nitrogens is 2. The van der Waals surface area contributed by atoms with Gasteiger partial charge in [0.2, 0.25) is 0 Å². The second-order valence-corrected chi connectivity index (χ2v) is 18.0. The van der Waals surface area contributed by atoms with Crippen LogP contribution in [0.25, 0.3) is 99.1 Å². The summed E-state index contributed by atoms with van der Waals surface area (Å²) < 4.78 is 4.93. The van der Waals surface area contributed by atoms with E-state index in [0.29, 0.717) is 0 Å². The zero-order chi connectivity index (χ0) is 44.1. The summed E-state index contributed by atoms with van der Waals surface area (Å²) in [5.41, 5.74) is 19.1. The minimum absolute atomic E-state index is 0.505. The fourth-order valence-electron chi connectivity index (χ4n) is 11.7. The Hall–Kier alpha value is -8.72. The number of para-hydroxylation sites is 1. The van der Waals surface area contributed by atoms with E-state index in [9.17, 15) is 0 Å². The Morgan fingerprint density at radius 2 is 0.791 bits per heavy atom. The van der Waals surface area contributed by atoms with Gasteiger partial charge in [0.15, 0.2) is 0 Å². The normalized spacial score (nSPS) is 12.9. The van der Waals surface area contributed by atoms with Gasteiger partial charge in [0.05, 0.1) is 33.2 Å². The molecule has 0 amide bonds. The molecule has 67 heavy (non-hydrogen) atoms. The van der Waals surface area contributed by atoms with Gasteiger partial charge >= 0.3 is 0 Å². The average molecular weight is 851 g/mol. The largest absolute Gasteiger partial charge is 0.309 e. The molecule has 312 valence electrons. The van der Waals surface area contributed by atoms with E-state index in [1.165, 1.54) is 116 Å². The van der Waals surface area contributed by atoms with Gasteiger partial charge < -0.3 is 9.13 Å². The Bertz CT molecular complexity index is 4020. The van der Waals surface area contributed by atoms with Crippen LogP contribution in [0.5, 0.6) is 0 Å².